The Morgan fingerprint density at radius 2 is 1.76 bits per heavy atom. The first-order chi connectivity index (χ1) is 7.78. The Kier molecular flexibility index (Phi) is 3.96. The second kappa shape index (κ2) is 4.90. The number of hydrogen-bond acceptors (Lipinski definition) is 4. The molecule has 0 bridgehead atoms. The molecule has 96 valence electrons. The van der Waals surface area contributed by atoms with Gasteiger partial charge in [-0.1, -0.05) is 20.8 Å². The molecular weight excluding hydrogens is 218 g/mol. The van der Waals surface area contributed by atoms with Crippen molar-refractivity contribution in [3.8, 4) is 5.75 Å². The zero-order valence-corrected chi connectivity index (χ0v) is 11.3. The van der Waals surface area contributed by atoms with Crippen LogP contribution in [0.3, 0.4) is 0 Å². The highest BCUT2D eigenvalue weighted by Crippen LogP contribution is 2.24. The van der Waals surface area contributed by atoms with Crippen molar-refractivity contribution < 1.29 is 4.74 Å². The Hall–Kier alpha value is -1.32. The van der Waals surface area contributed by atoms with Crippen molar-refractivity contribution in [2.45, 2.75) is 33.6 Å². The van der Waals surface area contributed by atoms with E-state index in [0.29, 0.717) is 11.1 Å². The molecule has 0 fully saturated rings. The summed E-state index contributed by atoms with van der Waals surface area (Å²) in [4.78, 5) is 24.4. The van der Waals surface area contributed by atoms with Gasteiger partial charge < -0.3 is 9.64 Å². The zero-order chi connectivity index (χ0) is 13.2. The van der Waals surface area contributed by atoms with Crippen LogP contribution in [0.5, 0.6) is 5.75 Å². The fraction of sp³-hybridized carbons (Fsp3) is 0.692. The molecule has 0 unspecified atom stereocenters. The Morgan fingerprint density at radius 3 is 2.24 bits per heavy atom. The minimum atomic E-state index is -0.509. The van der Waals surface area contributed by atoms with Gasteiger partial charge in [-0.2, -0.15) is 0 Å². The van der Waals surface area contributed by atoms with Crippen LogP contribution in [-0.4, -0.2) is 20.7 Å². The number of anilines is 1. The highest BCUT2D eigenvalue weighted by Gasteiger charge is 2.24. The molecule has 1 aromatic rings. The minimum Gasteiger partial charge on any atom is -0.491 e. The van der Waals surface area contributed by atoms with E-state index in [1.165, 1.54) is 7.11 Å². The molecule has 0 amide bonds. The lowest BCUT2D eigenvalue weighted by molar-refractivity contribution is 0.366. The Bertz CT molecular complexity index is 450. The summed E-state index contributed by atoms with van der Waals surface area (Å²) >= 11 is 0. The van der Waals surface area contributed by atoms with Crippen LogP contribution in [0.4, 0.5) is 5.69 Å². The van der Waals surface area contributed by atoms with E-state index in [4.69, 9.17) is 4.74 Å². The summed E-state index contributed by atoms with van der Waals surface area (Å²) < 4.78 is 4.92. The molecule has 0 N–H and O–H groups in total. The highest BCUT2D eigenvalue weighted by molar-refractivity contribution is 5.63. The lowest BCUT2D eigenvalue weighted by Crippen LogP contribution is -2.40. The SMILES string of the molecule is COc1c(N(C)CCCC(C)(C)C)c(=O)c1=O. The van der Waals surface area contributed by atoms with Gasteiger partial charge in [0.1, 0.15) is 5.69 Å². The highest BCUT2D eigenvalue weighted by atomic mass is 16.5. The molecule has 4 heteroatoms. The van der Waals surface area contributed by atoms with E-state index in [2.05, 4.69) is 20.8 Å². The van der Waals surface area contributed by atoms with Crippen LogP contribution in [-0.2, 0) is 0 Å². The van der Waals surface area contributed by atoms with E-state index in [9.17, 15) is 9.59 Å². The molecule has 0 heterocycles. The molecular formula is C13H21NO3. The maximum atomic E-state index is 11.4. The lowest BCUT2D eigenvalue weighted by atomic mass is 9.90. The van der Waals surface area contributed by atoms with E-state index in [1.54, 1.807) is 0 Å². The van der Waals surface area contributed by atoms with Crippen molar-refractivity contribution in [1.82, 2.24) is 0 Å². The van der Waals surface area contributed by atoms with Crippen LogP contribution in [0.25, 0.3) is 0 Å². The van der Waals surface area contributed by atoms with Gasteiger partial charge in [-0.3, -0.25) is 9.59 Å². The molecule has 0 aliphatic carbocycles. The first-order valence-electron chi connectivity index (χ1n) is 5.86. The van der Waals surface area contributed by atoms with Gasteiger partial charge in [-0.15, -0.1) is 0 Å². The van der Waals surface area contributed by atoms with E-state index in [1.807, 2.05) is 11.9 Å². The minimum absolute atomic E-state index is 0.202. The number of hydrogen-bond donors (Lipinski definition) is 0. The topological polar surface area (TPSA) is 46.6 Å². The largest absolute Gasteiger partial charge is 0.491 e. The van der Waals surface area contributed by atoms with E-state index in [-0.39, 0.29) is 5.75 Å². The van der Waals surface area contributed by atoms with Gasteiger partial charge in [0, 0.05) is 13.6 Å². The summed E-state index contributed by atoms with van der Waals surface area (Å²) in [7, 11) is 3.24. The number of ether oxygens (including phenoxy) is 1. The third-order valence-electron chi connectivity index (χ3n) is 2.85. The van der Waals surface area contributed by atoms with Crippen molar-refractivity contribution in [3.05, 3.63) is 20.4 Å². The van der Waals surface area contributed by atoms with Crippen LogP contribution >= 0.6 is 0 Å². The fourth-order valence-corrected chi connectivity index (χ4v) is 1.85. The van der Waals surface area contributed by atoms with Gasteiger partial charge in [0.15, 0.2) is 5.75 Å². The summed E-state index contributed by atoms with van der Waals surface area (Å²) in [5, 5.41) is 0. The van der Waals surface area contributed by atoms with Crippen LogP contribution in [0.15, 0.2) is 9.59 Å². The van der Waals surface area contributed by atoms with Gasteiger partial charge in [0.2, 0.25) is 0 Å². The second-order valence-corrected chi connectivity index (χ2v) is 5.63. The van der Waals surface area contributed by atoms with E-state index >= 15 is 0 Å². The summed E-state index contributed by atoms with van der Waals surface area (Å²) in [6.07, 6.45) is 2.07. The average molecular weight is 239 g/mol. The van der Waals surface area contributed by atoms with Crippen molar-refractivity contribution in [2.24, 2.45) is 5.41 Å². The van der Waals surface area contributed by atoms with Crippen molar-refractivity contribution >= 4 is 5.69 Å². The third kappa shape index (κ3) is 3.08. The molecule has 17 heavy (non-hydrogen) atoms. The number of nitrogens with zero attached hydrogens (tertiary/aromatic N) is 1. The van der Waals surface area contributed by atoms with E-state index in [0.717, 1.165) is 19.4 Å². The molecule has 0 saturated heterocycles. The predicted octanol–water partition coefficient (Wildman–Crippen LogP) is 1.55. The standard InChI is InChI=1S/C13H21NO3/c1-13(2,3)7-6-8-14(4)9-10(15)11(16)12(9)17-5/h6-8H2,1-5H3. The fourth-order valence-electron chi connectivity index (χ4n) is 1.85. The monoisotopic (exact) mass is 239 g/mol. The molecule has 0 aliphatic rings. The van der Waals surface area contributed by atoms with Gasteiger partial charge in [0.05, 0.1) is 7.11 Å². The molecule has 4 nitrogen and oxygen atoms in total. The molecule has 0 radical (unpaired) electrons. The molecule has 1 rings (SSSR count). The first kappa shape index (κ1) is 13.7. The van der Waals surface area contributed by atoms with Crippen molar-refractivity contribution in [3.63, 3.8) is 0 Å². The summed E-state index contributed by atoms with van der Waals surface area (Å²) in [5.74, 6) is 0.202. The second-order valence-electron chi connectivity index (χ2n) is 5.63. The quantitative estimate of drug-likeness (QED) is 0.731. The Morgan fingerprint density at radius 1 is 1.18 bits per heavy atom. The molecule has 0 spiro atoms. The number of methoxy groups -OCH3 is 1. The molecule has 0 aliphatic heterocycles. The van der Waals surface area contributed by atoms with Gasteiger partial charge >= 0.3 is 0 Å². The number of rotatable bonds is 5. The average Bonchev–Trinajstić information content (AvgIpc) is 2.22. The van der Waals surface area contributed by atoms with Crippen LogP contribution in [0.1, 0.15) is 33.6 Å². The summed E-state index contributed by atoms with van der Waals surface area (Å²) in [6, 6.07) is 0. The van der Waals surface area contributed by atoms with Crippen LogP contribution in [0, 0.1) is 5.41 Å². The van der Waals surface area contributed by atoms with Crippen molar-refractivity contribution in [2.75, 3.05) is 25.6 Å². The Labute approximate surface area is 102 Å². The zero-order valence-electron chi connectivity index (χ0n) is 11.3. The van der Waals surface area contributed by atoms with E-state index < -0.39 is 10.9 Å². The summed E-state index contributed by atoms with van der Waals surface area (Å²) in [5.41, 5.74) is -0.227. The van der Waals surface area contributed by atoms with Crippen LogP contribution in [0.2, 0.25) is 0 Å². The van der Waals surface area contributed by atoms with Crippen molar-refractivity contribution in [1.29, 1.82) is 0 Å². The molecule has 0 atom stereocenters. The maximum absolute atomic E-state index is 11.4. The van der Waals surface area contributed by atoms with Gasteiger partial charge in [-0.25, -0.2) is 0 Å². The smallest absolute Gasteiger partial charge is 0.272 e. The molecule has 0 aromatic heterocycles. The first-order valence-corrected chi connectivity index (χ1v) is 5.86. The van der Waals surface area contributed by atoms with Gasteiger partial charge in [-0.05, 0) is 18.3 Å². The summed E-state index contributed by atoms with van der Waals surface area (Å²) in [6.45, 7) is 7.32. The molecule has 1 aromatic carbocycles. The van der Waals surface area contributed by atoms with Gasteiger partial charge in [0.25, 0.3) is 10.9 Å². The predicted molar refractivity (Wildman–Crippen MR) is 69.9 cm³/mol. The molecule has 0 saturated carbocycles. The lowest BCUT2D eigenvalue weighted by Gasteiger charge is -2.24. The Balaban J connectivity index is 2.60. The normalized spacial score (nSPS) is 11.8. The third-order valence-corrected chi connectivity index (χ3v) is 2.85. The van der Waals surface area contributed by atoms with Crippen LogP contribution < -0.4 is 20.5 Å². The maximum Gasteiger partial charge on any atom is 0.272 e.